The van der Waals surface area contributed by atoms with Crippen LogP contribution in [0.1, 0.15) is 12.5 Å². The van der Waals surface area contributed by atoms with Crippen molar-refractivity contribution in [2.75, 3.05) is 33.2 Å². The topological polar surface area (TPSA) is 35.6 Å². The van der Waals surface area contributed by atoms with Crippen molar-refractivity contribution in [1.82, 2.24) is 15.1 Å². The number of rotatable bonds is 4. The van der Waals surface area contributed by atoms with Gasteiger partial charge >= 0.3 is 0 Å². The summed E-state index contributed by atoms with van der Waals surface area (Å²) in [6.07, 6.45) is 0. The Hall–Kier alpha value is -1.39. The minimum Gasteiger partial charge on any atom is -0.340 e. The van der Waals surface area contributed by atoms with Gasteiger partial charge in [-0.15, -0.1) is 0 Å². The van der Waals surface area contributed by atoms with Gasteiger partial charge in [0.25, 0.3) is 0 Å². The number of likely N-dealkylation sites (N-methyl/N-ethyl adjacent to an activating group) is 1. The lowest BCUT2D eigenvalue weighted by molar-refractivity contribution is -0.132. The van der Waals surface area contributed by atoms with Gasteiger partial charge in [-0.05, 0) is 12.5 Å². The highest BCUT2D eigenvalue weighted by atomic mass is 16.2. The van der Waals surface area contributed by atoms with Crippen molar-refractivity contribution in [3.05, 3.63) is 35.9 Å². The second kappa shape index (κ2) is 6.68. The lowest BCUT2D eigenvalue weighted by Gasteiger charge is -2.34. The first-order chi connectivity index (χ1) is 9.16. The maximum absolute atomic E-state index is 12.2. The monoisotopic (exact) mass is 261 g/mol. The molecule has 4 nitrogen and oxygen atoms in total. The molecule has 0 spiro atoms. The Labute approximate surface area is 115 Å². The lowest BCUT2D eigenvalue weighted by atomic mass is 10.2. The number of nitrogens with zero attached hydrogens (tertiary/aromatic N) is 2. The molecule has 0 bridgehead atoms. The molecule has 104 valence electrons. The van der Waals surface area contributed by atoms with Crippen LogP contribution >= 0.6 is 0 Å². The molecular formula is C15H23N3O. The summed E-state index contributed by atoms with van der Waals surface area (Å²) in [5, 5.41) is 3.34. The van der Waals surface area contributed by atoms with E-state index in [-0.39, 0.29) is 5.91 Å². The van der Waals surface area contributed by atoms with Gasteiger partial charge in [-0.3, -0.25) is 9.69 Å². The van der Waals surface area contributed by atoms with Crippen LogP contribution in [0.5, 0.6) is 0 Å². The van der Waals surface area contributed by atoms with Gasteiger partial charge in [0, 0.05) is 39.3 Å². The predicted octanol–water partition coefficient (Wildman–Crippen LogP) is 0.939. The van der Waals surface area contributed by atoms with Crippen LogP contribution in [0.2, 0.25) is 0 Å². The van der Waals surface area contributed by atoms with Crippen LogP contribution in [-0.2, 0) is 11.3 Å². The third kappa shape index (κ3) is 4.04. The van der Waals surface area contributed by atoms with E-state index in [2.05, 4.69) is 29.3 Å². The van der Waals surface area contributed by atoms with Crippen LogP contribution in [0.4, 0.5) is 0 Å². The highest BCUT2D eigenvalue weighted by Gasteiger charge is 2.21. The van der Waals surface area contributed by atoms with E-state index >= 15 is 0 Å². The number of nitrogens with one attached hydrogen (secondary N) is 1. The van der Waals surface area contributed by atoms with E-state index in [4.69, 9.17) is 0 Å². The molecule has 0 saturated carbocycles. The molecule has 1 aromatic rings. The van der Waals surface area contributed by atoms with Gasteiger partial charge < -0.3 is 10.2 Å². The third-order valence-corrected chi connectivity index (χ3v) is 3.67. The number of carbonyl (C=O) groups is 1. The summed E-state index contributed by atoms with van der Waals surface area (Å²) in [5.74, 6) is 0.192. The molecule has 0 aliphatic carbocycles. The van der Waals surface area contributed by atoms with Crippen molar-refractivity contribution in [2.45, 2.75) is 19.5 Å². The number of hydrogen-bond donors (Lipinski definition) is 1. The second-order valence-electron chi connectivity index (χ2n) is 5.26. The SMILES string of the molecule is C[C@H]1CNCCN1CC(=O)N(C)Cc1ccccc1. The predicted molar refractivity (Wildman–Crippen MR) is 76.8 cm³/mol. The standard InChI is InChI=1S/C15H23N3O/c1-13-10-16-8-9-18(13)12-15(19)17(2)11-14-6-4-3-5-7-14/h3-7,13,16H,8-12H2,1-2H3/t13-/m0/s1. The quantitative estimate of drug-likeness (QED) is 0.876. The number of amides is 1. The highest BCUT2D eigenvalue weighted by Crippen LogP contribution is 2.06. The molecule has 0 aromatic heterocycles. The average Bonchev–Trinajstić information content (AvgIpc) is 2.42. The second-order valence-corrected chi connectivity index (χ2v) is 5.26. The van der Waals surface area contributed by atoms with Gasteiger partial charge in [0.05, 0.1) is 6.54 Å². The molecule has 1 aliphatic rings. The van der Waals surface area contributed by atoms with E-state index in [1.165, 1.54) is 5.56 Å². The van der Waals surface area contributed by atoms with Gasteiger partial charge in [-0.25, -0.2) is 0 Å². The van der Waals surface area contributed by atoms with E-state index in [0.717, 1.165) is 19.6 Å². The number of hydrogen-bond acceptors (Lipinski definition) is 3. The Kier molecular flexibility index (Phi) is 4.93. The van der Waals surface area contributed by atoms with Gasteiger partial charge in [-0.1, -0.05) is 30.3 Å². The Balaban J connectivity index is 1.85. The van der Waals surface area contributed by atoms with Crippen LogP contribution in [0, 0.1) is 0 Å². The van der Waals surface area contributed by atoms with Gasteiger partial charge in [0.15, 0.2) is 0 Å². The molecule has 0 radical (unpaired) electrons. The maximum Gasteiger partial charge on any atom is 0.236 e. The molecule has 2 rings (SSSR count). The summed E-state index contributed by atoms with van der Waals surface area (Å²) in [7, 11) is 1.88. The van der Waals surface area contributed by atoms with Crippen LogP contribution in [-0.4, -0.2) is 55.0 Å². The molecule has 1 atom stereocenters. The molecule has 0 unspecified atom stereocenters. The fourth-order valence-electron chi connectivity index (χ4n) is 2.36. The highest BCUT2D eigenvalue weighted by molar-refractivity contribution is 5.78. The molecule has 1 heterocycles. The van der Waals surface area contributed by atoms with Crippen LogP contribution in [0.25, 0.3) is 0 Å². The largest absolute Gasteiger partial charge is 0.340 e. The normalized spacial score (nSPS) is 20.2. The zero-order valence-corrected chi connectivity index (χ0v) is 11.8. The molecule has 19 heavy (non-hydrogen) atoms. The summed E-state index contributed by atoms with van der Waals surface area (Å²) in [4.78, 5) is 16.3. The van der Waals surface area contributed by atoms with E-state index in [9.17, 15) is 4.79 Å². The van der Waals surface area contributed by atoms with Gasteiger partial charge in [0.2, 0.25) is 5.91 Å². The molecule has 1 fully saturated rings. The van der Waals surface area contributed by atoms with E-state index in [0.29, 0.717) is 19.1 Å². The Bertz CT molecular complexity index is 407. The van der Waals surface area contributed by atoms with Crippen LogP contribution in [0.15, 0.2) is 30.3 Å². The summed E-state index contributed by atoms with van der Waals surface area (Å²) in [6, 6.07) is 10.5. The molecule has 1 amide bonds. The summed E-state index contributed by atoms with van der Waals surface area (Å²) in [5.41, 5.74) is 1.17. The molecule has 1 saturated heterocycles. The first-order valence-electron chi connectivity index (χ1n) is 6.89. The zero-order valence-electron chi connectivity index (χ0n) is 11.8. The minimum absolute atomic E-state index is 0.192. The number of carbonyl (C=O) groups excluding carboxylic acids is 1. The number of piperazine rings is 1. The van der Waals surface area contributed by atoms with Crippen molar-refractivity contribution < 1.29 is 4.79 Å². The maximum atomic E-state index is 12.2. The molecule has 4 heteroatoms. The summed E-state index contributed by atoms with van der Waals surface area (Å²) in [6.45, 7) is 6.25. The van der Waals surface area contributed by atoms with Crippen molar-refractivity contribution in [1.29, 1.82) is 0 Å². The molecule has 1 N–H and O–H groups in total. The minimum atomic E-state index is 0.192. The Morgan fingerprint density at radius 3 is 2.84 bits per heavy atom. The van der Waals surface area contributed by atoms with Crippen LogP contribution in [0.3, 0.4) is 0 Å². The summed E-state index contributed by atoms with van der Waals surface area (Å²) >= 11 is 0. The van der Waals surface area contributed by atoms with E-state index in [1.807, 2.05) is 30.1 Å². The first-order valence-corrected chi connectivity index (χ1v) is 6.89. The van der Waals surface area contributed by atoms with Gasteiger partial charge in [0.1, 0.15) is 0 Å². The zero-order chi connectivity index (χ0) is 13.7. The van der Waals surface area contributed by atoms with Crippen molar-refractivity contribution >= 4 is 5.91 Å². The molecular weight excluding hydrogens is 238 g/mol. The van der Waals surface area contributed by atoms with Crippen molar-refractivity contribution in [3.63, 3.8) is 0 Å². The fourth-order valence-corrected chi connectivity index (χ4v) is 2.36. The van der Waals surface area contributed by atoms with E-state index < -0.39 is 0 Å². The van der Waals surface area contributed by atoms with Gasteiger partial charge in [-0.2, -0.15) is 0 Å². The lowest BCUT2D eigenvalue weighted by Crippen LogP contribution is -2.52. The van der Waals surface area contributed by atoms with Crippen LogP contribution < -0.4 is 5.32 Å². The number of benzene rings is 1. The molecule has 1 aliphatic heterocycles. The smallest absolute Gasteiger partial charge is 0.236 e. The van der Waals surface area contributed by atoms with Crippen molar-refractivity contribution in [3.8, 4) is 0 Å². The Morgan fingerprint density at radius 1 is 1.42 bits per heavy atom. The third-order valence-electron chi connectivity index (χ3n) is 3.67. The van der Waals surface area contributed by atoms with Crippen molar-refractivity contribution in [2.24, 2.45) is 0 Å². The van der Waals surface area contributed by atoms with E-state index in [1.54, 1.807) is 0 Å². The molecule has 1 aromatic carbocycles. The summed E-state index contributed by atoms with van der Waals surface area (Å²) < 4.78 is 0. The Morgan fingerprint density at radius 2 is 2.16 bits per heavy atom. The fraction of sp³-hybridized carbons (Fsp3) is 0.533. The average molecular weight is 261 g/mol. The first kappa shape index (κ1) is 14.0.